The summed E-state index contributed by atoms with van der Waals surface area (Å²) in [5.74, 6) is 5.02. The van der Waals surface area contributed by atoms with E-state index in [9.17, 15) is 19.2 Å². The van der Waals surface area contributed by atoms with Crippen LogP contribution in [0.25, 0.3) is 0 Å². The van der Waals surface area contributed by atoms with Crippen LogP contribution >= 0.6 is 0 Å². The third-order valence-corrected chi connectivity index (χ3v) is 4.62. The molecule has 1 aliphatic heterocycles. The van der Waals surface area contributed by atoms with Crippen LogP contribution in [0.4, 0.5) is 4.79 Å². The first kappa shape index (κ1) is 21.4. The van der Waals surface area contributed by atoms with Crippen LogP contribution in [0.15, 0.2) is 42.5 Å². The van der Waals surface area contributed by atoms with E-state index < -0.39 is 18.0 Å². The number of nitrogens with one attached hydrogen (secondary N) is 2. The van der Waals surface area contributed by atoms with E-state index in [0.29, 0.717) is 23.4 Å². The third kappa shape index (κ3) is 5.19. The number of carbonyl (C=O) groups excluding carboxylic acids is 3. The van der Waals surface area contributed by atoms with Crippen LogP contribution in [0.5, 0.6) is 5.75 Å². The monoisotopic (exact) mass is 421 g/mol. The zero-order valence-electron chi connectivity index (χ0n) is 16.5. The van der Waals surface area contributed by atoms with Gasteiger partial charge in [-0.25, -0.2) is 9.59 Å². The van der Waals surface area contributed by atoms with Crippen molar-refractivity contribution in [2.45, 2.75) is 12.6 Å². The van der Waals surface area contributed by atoms with Crippen molar-refractivity contribution in [2.24, 2.45) is 0 Å². The molecular formula is C22H19N3O6. The number of rotatable bonds is 6. The van der Waals surface area contributed by atoms with Gasteiger partial charge in [0.2, 0.25) is 6.41 Å². The number of fused-ring (bicyclic) bond motifs is 1. The van der Waals surface area contributed by atoms with Crippen LogP contribution in [-0.4, -0.2) is 54.0 Å². The van der Waals surface area contributed by atoms with Gasteiger partial charge in [-0.2, -0.15) is 0 Å². The molecule has 1 aliphatic rings. The number of ether oxygens (including phenoxy) is 1. The van der Waals surface area contributed by atoms with Gasteiger partial charge in [0.1, 0.15) is 11.8 Å². The number of benzene rings is 2. The highest BCUT2D eigenvalue weighted by Gasteiger charge is 2.29. The molecule has 158 valence electrons. The molecule has 0 unspecified atom stereocenters. The van der Waals surface area contributed by atoms with Crippen molar-refractivity contribution in [3.05, 3.63) is 64.7 Å². The van der Waals surface area contributed by atoms with Crippen LogP contribution < -0.4 is 15.4 Å². The fraction of sp³-hybridized carbons (Fsp3) is 0.182. The average molecular weight is 421 g/mol. The van der Waals surface area contributed by atoms with Crippen LogP contribution in [0.3, 0.4) is 0 Å². The minimum Gasteiger partial charge on any atom is -0.497 e. The van der Waals surface area contributed by atoms with Gasteiger partial charge < -0.3 is 20.1 Å². The smallest absolute Gasteiger partial charge is 0.335 e. The van der Waals surface area contributed by atoms with E-state index in [1.165, 1.54) is 24.1 Å². The number of carboxylic acids is 1. The van der Waals surface area contributed by atoms with Gasteiger partial charge in [-0.05, 0) is 42.0 Å². The molecule has 0 saturated heterocycles. The lowest BCUT2D eigenvalue weighted by Gasteiger charge is -2.21. The van der Waals surface area contributed by atoms with Crippen LogP contribution in [-0.2, 0) is 11.3 Å². The maximum absolute atomic E-state index is 12.8. The highest BCUT2D eigenvalue weighted by molar-refractivity contribution is 5.98. The molecule has 0 fully saturated rings. The number of nitrogens with zero attached hydrogens (tertiary/aromatic N) is 1. The van der Waals surface area contributed by atoms with Gasteiger partial charge >= 0.3 is 12.0 Å². The van der Waals surface area contributed by atoms with Gasteiger partial charge in [0.05, 0.1) is 19.2 Å². The Kier molecular flexibility index (Phi) is 6.52. The second kappa shape index (κ2) is 9.45. The Balaban J connectivity index is 1.78. The lowest BCUT2D eigenvalue weighted by molar-refractivity contribution is -0.108. The quantitative estimate of drug-likeness (QED) is 0.476. The van der Waals surface area contributed by atoms with Crippen molar-refractivity contribution < 1.29 is 29.0 Å². The number of amides is 4. The van der Waals surface area contributed by atoms with Gasteiger partial charge in [-0.15, -0.1) is 0 Å². The van der Waals surface area contributed by atoms with Gasteiger partial charge in [-0.3, -0.25) is 14.9 Å². The zero-order chi connectivity index (χ0) is 22.4. The summed E-state index contributed by atoms with van der Waals surface area (Å²) in [5, 5.41) is 13.5. The Labute approximate surface area is 178 Å². The van der Waals surface area contributed by atoms with E-state index >= 15 is 0 Å². The summed E-state index contributed by atoms with van der Waals surface area (Å²) in [5.41, 5.74) is 2.02. The first-order valence-corrected chi connectivity index (χ1v) is 9.23. The molecular weight excluding hydrogens is 402 g/mol. The fourth-order valence-electron chi connectivity index (χ4n) is 3.08. The molecule has 2 aromatic carbocycles. The second-order valence-electron chi connectivity index (χ2n) is 6.65. The first-order valence-electron chi connectivity index (χ1n) is 9.23. The highest BCUT2D eigenvalue weighted by Crippen LogP contribution is 2.26. The van der Waals surface area contributed by atoms with Gasteiger partial charge in [0, 0.05) is 17.7 Å². The summed E-state index contributed by atoms with van der Waals surface area (Å²) in [6, 6.07) is 9.64. The van der Waals surface area contributed by atoms with Crippen LogP contribution in [0.2, 0.25) is 0 Å². The average Bonchev–Trinajstić information content (AvgIpc) is 3.07. The summed E-state index contributed by atoms with van der Waals surface area (Å²) < 4.78 is 5.17. The Morgan fingerprint density at radius 2 is 2.00 bits per heavy atom. The SMILES string of the molecule is COc1ccc2c(c1)C(=O)N(C[C@@H](C#Cc1ccc(C(=O)O)cc1)NC(=O)NC=O)C2. The van der Waals surface area contributed by atoms with Crippen molar-refractivity contribution >= 4 is 24.3 Å². The molecule has 4 amide bonds. The Morgan fingerprint density at radius 1 is 1.26 bits per heavy atom. The minimum absolute atomic E-state index is 0.0856. The van der Waals surface area contributed by atoms with E-state index in [1.807, 2.05) is 11.4 Å². The lowest BCUT2D eigenvalue weighted by atomic mass is 10.1. The maximum Gasteiger partial charge on any atom is 0.335 e. The molecule has 0 aromatic heterocycles. The van der Waals surface area contributed by atoms with E-state index in [2.05, 4.69) is 17.2 Å². The van der Waals surface area contributed by atoms with E-state index in [0.717, 1.165) is 5.56 Å². The normalized spacial score (nSPS) is 12.8. The fourth-order valence-corrected chi connectivity index (χ4v) is 3.08. The van der Waals surface area contributed by atoms with Gasteiger partial charge in [0.25, 0.3) is 5.91 Å². The summed E-state index contributed by atoms with van der Waals surface area (Å²) in [6.07, 6.45) is 0.244. The Morgan fingerprint density at radius 3 is 2.65 bits per heavy atom. The molecule has 9 nitrogen and oxygen atoms in total. The molecule has 2 aromatic rings. The molecule has 0 aliphatic carbocycles. The summed E-state index contributed by atoms with van der Waals surface area (Å²) in [6.45, 7) is 0.433. The van der Waals surface area contributed by atoms with Gasteiger partial charge in [0.15, 0.2) is 0 Å². The largest absolute Gasteiger partial charge is 0.497 e. The summed E-state index contributed by atoms with van der Waals surface area (Å²) in [7, 11) is 1.52. The molecule has 1 heterocycles. The topological polar surface area (TPSA) is 125 Å². The molecule has 0 saturated carbocycles. The third-order valence-electron chi connectivity index (χ3n) is 4.62. The number of aromatic carboxylic acids is 1. The highest BCUT2D eigenvalue weighted by atomic mass is 16.5. The number of hydrogen-bond donors (Lipinski definition) is 3. The number of carboxylic acid groups (broad SMARTS) is 1. The molecule has 9 heteroatoms. The lowest BCUT2D eigenvalue weighted by Crippen LogP contribution is -2.46. The zero-order valence-corrected chi connectivity index (χ0v) is 16.5. The van der Waals surface area contributed by atoms with E-state index in [1.54, 1.807) is 24.3 Å². The van der Waals surface area contributed by atoms with Crippen molar-refractivity contribution in [2.75, 3.05) is 13.7 Å². The maximum atomic E-state index is 12.8. The predicted octanol–water partition coefficient (Wildman–Crippen LogP) is 1.23. The molecule has 0 spiro atoms. The standard InChI is InChI=1S/C22H19N3O6/c1-31-18-9-7-16-11-25(20(27)19(16)10-18)12-17(24-22(30)23-13-26)8-4-14-2-5-15(6-3-14)21(28)29/h2-3,5-7,9-10,13,17H,11-12H2,1H3,(H,28,29)(H2,23,24,26,30)/t17-/m1/s1. The molecule has 3 N–H and O–H groups in total. The van der Waals surface area contributed by atoms with E-state index in [-0.39, 0.29) is 24.4 Å². The van der Waals surface area contributed by atoms with Gasteiger partial charge in [-0.1, -0.05) is 17.9 Å². The molecule has 1 atom stereocenters. The van der Waals surface area contributed by atoms with Crippen molar-refractivity contribution in [3.8, 4) is 17.6 Å². The van der Waals surface area contributed by atoms with Crippen molar-refractivity contribution in [3.63, 3.8) is 0 Å². The van der Waals surface area contributed by atoms with Crippen molar-refractivity contribution in [1.82, 2.24) is 15.5 Å². The number of imide groups is 1. The Hall–Kier alpha value is -4.32. The second-order valence-corrected chi connectivity index (χ2v) is 6.65. The predicted molar refractivity (Wildman–Crippen MR) is 110 cm³/mol. The van der Waals surface area contributed by atoms with Crippen molar-refractivity contribution in [1.29, 1.82) is 0 Å². The Bertz CT molecular complexity index is 1080. The summed E-state index contributed by atoms with van der Waals surface area (Å²) >= 11 is 0. The molecule has 3 rings (SSSR count). The number of carbonyl (C=O) groups is 4. The molecule has 31 heavy (non-hydrogen) atoms. The number of methoxy groups -OCH3 is 1. The van der Waals surface area contributed by atoms with Crippen LogP contribution in [0.1, 0.15) is 31.8 Å². The minimum atomic E-state index is -1.05. The number of urea groups is 1. The first-order chi connectivity index (χ1) is 14.9. The molecule has 0 bridgehead atoms. The number of hydrogen-bond acceptors (Lipinski definition) is 5. The van der Waals surface area contributed by atoms with E-state index in [4.69, 9.17) is 9.84 Å². The summed E-state index contributed by atoms with van der Waals surface area (Å²) in [4.78, 5) is 47.6. The van der Waals surface area contributed by atoms with Crippen LogP contribution in [0, 0.1) is 11.8 Å². The molecule has 0 radical (unpaired) electrons.